The first-order chi connectivity index (χ1) is 14.3. The van der Waals surface area contributed by atoms with Gasteiger partial charge in [0.15, 0.2) is 5.69 Å². The Hall–Kier alpha value is -3.41. The third-order valence-corrected chi connectivity index (χ3v) is 5.14. The second-order valence-electron chi connectivity index (χ2n) is 7.69. The zero-order chi connectivity index (χ0) is 21.8. The van der Waals surface area contributed by atoms with Crippen molar-refractivity contribution in [2.75, 3.05) is 10.6 Å². The van der Waals surface area contributed by atoms with E-state index in [2.05, 4.69) is 15.7 Å². The fourth-order valence-electron chi connectivity index (χ4n) is 3.27. The Morgan fingerprint density at radius 2 is 1.47 bits per heavy atom. The number of hydrogen-bond donors (Lipinski definition) is 2. The summed E-state index contributed by atoms with van der Waals surface area (Å²) in [5.74, 6) is -0.456. The maximum atomic E-state index is 12.9. The third kappa shape index (κ3) is 4.76. The number of carbonyl (C=O) groups is 2. The Morgan fingerprint density at radius 1 is 0.900 bits per heavy atom. The highest BCUT2D eigenvalue weighted by molar-refractivity contribution is 6.03. The van der Waals surface area contributed by atoms with Crippen LogP contribution in [0.5, 0.6) is 0 Å². The van der Waals surface area contributed by atoms with Crippen molar-refractivity contribution in [2.24, 2.45) is 0 Å². The van der Waals surface area contributed by atoms with Crippen molar-refractivity contribution in [1.29, 1.82) is 0 Å². The standard InChI is InChI=1S/C24H28N4O2/c1-6-22(24(30)26-21-14-16(3)8-10-18(21)5)28-12-11-19(27-28)23(29)25-20-13-15(2)7-9-17(20)4/h7-14,22H,6H2,1-5H3,(H,25,29)(H,26,30)/t22-/m1/s1. The molecular formula is C24H28N4O2. The number of anilines is 2. The van der Waals surface area contributed by atoms with Gasteiger partial charge in [-0.05, 0) is 74.6 Å². The molecule has 0 saturated heterocycles. The van der Waals surface area contributed by atoms with E-state index in [1.165, 1.54) is 0 Å². The number of nitrogens with zero attached hydrogens (tertiary/aromatic N) is 2. The SMILES string of the molecule is CC[C@H](C(=O)Nc1cc(C)ccc1C)n1ccc(C(=O)Nc2cc(C)ccc2C)n1. The van der Waals surface area contributed by atoms with Crippen LogP contribution in [0.1, 0.15) is 52.1 Å². The van der Waals surface area contributed by atoms with E-state index in [0.29, 0.717) is 6.42 Å². The molecule has 2 amide bonds. The molecule has 0 saturated carbocycles. The van der Waals surface area contributed by atoms with Gasteiger partial charge in [0.25, 0.3) is 5.91 Å². The Bertz CT molecular complexity index is 1080. The molecule has 0 bridgehead atoms. The van der Waals surface area contributed by atoms with Gasteiger partial charge in [-0.15, -0.1) is 0 Å². The van der Waals surface area contributed by atoms with Gasteiger partial charge in [-0.2, -0.15) is 5.10 Å². The van der Waals surface area contributed by atoms with E-state index in [9.17, 15) is 9.59 Å². The average molecular weight is 405 g/mol. The summed E-state index contributed by atoms with van der Waals surface area (Å²) in [6.07, 6.45) is 2.23. The number of amides is 2. The van der Waals surface area contributed by atoms with Crippen LogP contribution in [0, 0.1) is 27.7 Å². The summed E-state index contributed by atoms with van der Waals surface area (Å²) in [5.41, 5.74) is 5.94. The summed E-state index contributed by atoms with van der Waals surface area (Å²) in [5, 5.41) is 10.3. The molecule has 156 valence electrons. The number of nitrogens with one attached hydrogen (secondary N) is 2. The Morgan fingerprint density at radius 3 is 2.03 bits per heavy atom. The van der Waals surface area contributed by atoms with E-state index in [1.807, 2.05) is 71.0 Å². The van der Waals surface area contributed by atoms with Gasteiger partial charge in [-0.1, -0.05) is 31.2 Å². The smallest absolute Gasteiger partial charge is 0.276 e. The van der Waals surface area contributed by atoms with E-state index in [0.717, 1.165) is 33.6 Å². The number of carbonyl (C=O) groups excluding carboxylic acids is 2. The molecule has 3 aromatic rings. The third-order valence-electron chi connectivity index (χ3n) is 5.14. The zero-order valence-corrected chi connectivity index (χ0v) is 18.1. The van der Waals surface area contributed by atoms with E-state index >= 15 is 0 Å². The monoisotopic (exact) mass is 404 g/mol. The molecule has 2 N–H and O–H groups in total. The average Bonchev–Trinajstić information content (AvgIpc) is 3.18. The number of hydrogen-bond acceptors (Lipinski definition) is 3. The molecular weight excluding hydrogens is 376 g/mol. The fraction of sp³-hybridized carbons (Fsp3) is 0.292. The minimum Gasteiger partial charge on any atom is -0.324 e. The first kappa shape index (κ1) is 21.3. The highest BCUT2D eigenvalue weighted by Gasteiger charge is 2.22. The lowest BCUT2D eigenvalue weighted by Crippen LogP contribution is -2.26. The predicted octanol–water partition coefficient (Wildman–Crippen LogP) is 4.96. The molecule has 0 aliphatic rings. The highest BCUT2D eigenvalue weighted by Crippen LogP contribution is 2.21. The van der Waals surface area contributed by atoms with Gasteiger partial charge < -0.3 is 10.6 Å². The maximum Gasteiger partial charge on any atom is 0.276 e. The lowest BCUT2D eigenvalue weighted by Gasteiger charge is -2.17. The summed E-state index contributed by atoms with van der Waals surface area (Å²) >= 11 is 0. The Kier molecular flexibility index (Phi) is 6.35. The van der Waals surface area contributed by atoms with Gasteiger partial charge in [0, 0.05) is 17.6 Å². The van der Waals surface area contributed by atoms with Crippen LogP contribution in [0.4, 0.5) is 11.4 Å². The van der Waals surface area contributed by atoms with Crippen LogP contribution in [0.3, 0.4) is 0 Å². The van der Waals surface area contributed by atoms with E-state index in [1.54, 1.807) is 16.9 Å². The molecule has 0 unspecified atom stereocenters. The van der Waals surface area contributed by atoms with Crippen molar-refractivity contribution in [2.45, 2.75) is 47.1 Å². The van der Waals surface area contributed by atoms with Gasteiger partial charge in [0.05, 0.1) is 0 Å². The zero-order valence-electron chi connectivity index (χ0n) is 18.1. The molecule has 6 nitrogen and oxygen atoms in total. The molecule has 1 heterocycles. The molecule has 0 fully saturated rings. The van der Waals surface area contributed by atoms with E-state index < -0.39 is 6.04 Å². The molecule has 6 heteroatoms. The van der Waals surface area contributed by atoms with Crippen LogP contribution in [-0.4, -0.2) is 21.6 Å². The first-order valence-corrected chi connectivity index (χ1v) is 10.1. The molecule has 1 atom stereocenters. The van der Waals surface area contributed by atoms with Gasteiger partial charge in [-0.3, -0.25) is 14.3 Å². The molecule has 1 aromatic heterocycles. The van der Waals surface area contributed by atoms with Crippen LogP contribution in [0.25, 0.3) is 0 Å². The minimum atomic E-state index is -0.507. The molecule has 0 spiro atoms. The Balaban J connectivity index is 1.75. The largest absolute Gasteiger partial charge is 0.324 e. The topological polar surface area (TPSA) is 76.0 Å². The van der Waals surface area contributed by atoms with Crippen LogP contribution >= 0.6 is 0 Å². The number of aryl methyl sites for hydroxylation is 4. The van der Waals surface area contributed by atoms with Crippen LogP contribution < -0.4 is 10.6 Å². The summed E-state index contributed by atoms with van der Waals surface area (Å²) < 4.78 is 1.55. The predicted molar refractivity (Wildman–Crippen MR) is 120 cm³/mol. The summed E-state index contributed by atoms with van der Waals surface area (Å²) in [6.45, 7) is 9.79. The molecule has 3 rings (SSSR count). The van der Waals surface area contributed by atoms with Crippen molar-refractivity contribution in [3.8, 4) is 0 Å². The van der Waals surface area contributed by atoms with Crippen LogP contribution in [0.15, 0.2) is 48.7 Å². The van der Waals surface area contributed by atoms with Crippen molar-refractivity contribution in [3.05, 3.63) is 76.6 Å². The number of rotatable bonds is 6. The highest BCUT2D eigenvalue weighted by atomic mass is 16.2. The molecule has 0 aliphatic heterocycles. The van der Waals surface area contributed by atoms with Crippen molar-refractivity contribution < 1.29 is 9.59 Å². The second kappa shape index (κ2) is 8.95. The molecule has 30 heavy (non-hydrogen) atoms. The van der Waals surface area contributed by atoms with Crippen LogP contribution in [-0.2, 0) is 4.79 Å². The summed E-state index contributed by atoms with van der Waals surface area (Å²) in [7, 11) is 0. The number of aromatic nitrogens is 2. The molecule has 0 radical (unpaired) electrons. The van der Waals surface area contributed by atoms with Crippen molar-refractivity contribution in [1.82, 2.24) is 9.78 Å². The van der Waals surface area contributed by atoms with Gasteiger partial charge >= 0.3 is 0 Å². The van der Waals surface area contributed by atoms with E-state index in [-0.39, 0.29) is 17.5 Å². The molecule has 2 aromatic carbocycles. The van der Waals surface area contributed by atoms with Crippen molar-refractivity contribution >= 4 is 23.2 Å². The Labute approximate surface area is 177 Å². The lowest BCUT2D eigenvalue weighted by atomic mass is 10.1. The lowest BCUT2D eigenvalue weighted by molar-refractivity contribution is -0.119. The summed E-state index contributed by atoms with van der Waals surface area (Å²) in [4.78, 5) is 25.5. The van der Waals surface area contributed by atoms with Crippen LogP contribution in [0.2, 0.25) is 0 Å². The molecule has 0 aliphatic carbocycles. The van der Waals surface area contributed by atoms with Gasteiger partial charge in [-0.25, -0.2) is 0 Å². The fourth-order valence-corrected chi connectivity index (χ4v) is 3.27. The maximum absolute atomic E-state index is 12.9. The quantitative estimate of drug-likeness (QED) is 0.610. The number of benzene rings is 2. The van der Waals surface area contributed by atoms with Gasteiger partial charge in [0.2, 0.25) is 5.91 Å². The summed E-state index contributed by atoms with van der Waals surface area (Å²) in [6, 6.07) is 13.0. The minimum absolute atomic E-state index is 0.157. The first-order valence-electron chi connectivity index (χ1n) is 10.1. The van der Waals surface area contributed by atoms with E-state index in [4.69, 9.17) is 0 Å². The van der Waals surface area contributed by atoms with Crippen molar-refractivity contribution in [3.63, 3.8) is 0 Å². The normalized spacial score (nSPS) is 11.8. The van der Waals surface area contributed by atoms with Gasteiger partial charge in [0.1, 0.15) is 6.04 Å². The second-order valence-corrected chi connectivity index (χ2v) is 7.69.